The number of aromatic nitrogens is 5. The van der Waals surface area contributed by atoms with Crippen molar-refractivity contribution in [3.63, 3.8) is 0 Å². The minimum Gasteiger partial charge on any atom is -0.291 e. The van der Waals surface area contributed by atoms with Gasteiger partial charge in [-0.15, -0.1) is 0 Å². The van der Waals surface area contributed by atoms with E-state index in [1.54, 1.807) is 36.1 Å². The van der Waals surface area contributed by atoms with Crippen molar-refractivity contribution in [2.75, 3.05) is 13.1 Å². The molecule has 3 aromatic heterocycles. The van der Waals surface area contributed by atoms with Gasteiger partial charge in [0.05, 0.1) is 34.8 Å². The second-order valence-electron chi connectivity index (χ2n) is 10.1. The molecule has 0 fully saturated rings. The third-order valence-corrected chi connectivity index (χ3v) is 9.32. The highest BCUT2D eigenvalue weighted by atomic mass is 32.2. The van der Waals surface area contributed by atoms with Gasteiger partial charge in [-0.2, -0.15) is 27.7 Å². The summed E-state index contributed by atoms with van der Waals surface area (Å²) in [6, 6.07) is 7.16. The average Bonchev–Trinajstić information content (AvgIpc) is 3.57. The van der Waals surface area contributed by atoms with E-state index in [4.69, 9.17) is 0 Å². The molecule has 4 aromatic rings. The van der Waals surface area contributed by atoms with E-state index >= 15 is 0 Å². The van der Waals surface area contributed by atoms with Gasteiger partial charge in [0.15, 0.2) is 5.78 Å². The monoisotopic (exact) mass is 586 g/mol. The maximum atomic E-state index is 14.2. The van der Waals surface area contributed by atoms with E-state index in [0.717, 1.165) is 16.6 Å². The fourth-order valence-corrected chi connectivity index (χ4v) is 6.90. The number of sulfonamides is 1. The minimum atomic E-state index is -4.70. The molecule has 1 atom stereocenters. The summed E-state index contributed by atoms with van der Waals surface area (Å²) < 4.78 is 85.3. The third kappa shape index (κ3) is 4.56. The average molecular weight is 587 g/mol. The van der Waals surface area contributed by atoms with Crippen molar-refractivity contribution in [2.45, 2.75) is 23.9 Å². The van der Waals surface area contributed by atoms with Crippen LogP contribution in [0.15, 0.2) is 77.7 Å². The van der Waals surface area contributed by atoms with Crippen LogP contribution in [0.4, 0.5) is 17.6 Å². The number of alkyl halides is 3. The molecule has 0 unspecified atom stereocenters. The Labute approximate surface area is 231 Å². The highest BCUT2D eigenvalue weighted by molar-refractivity contribution is 7.89. The number of fused-ring (bicyclic) bond motifs is 2. The van der Waals surface area contributed by atoms with E-state index in [1.165, 1.54) is 29.2 Å². The number of benzene rings is 1. The molecule has 14 heteroatoms. The number of hydrogen-bond acceptors (Lipinski definition) is 6. The van der Waals surface area contributed by atoms with Crippen molar-refractivity contribution in [2.24, 2.45) is 12.5 Å². The maximum absolute atomic E-state index is 14.2. The highest BCUT2D eigenvalue weighted by Gasteiger charge is 2.51. The van der Waals surface area contributed by atoms with Gasteiger partial charge in [0, 0.05) is 39.0 Å². The lowest BCUT2D eigenvalue weighted by molar-refractivity contribution is -0.137. The summed E-state index contributed by atoms with van der Waals surface area (Å²) in [5.74, 6) is -1.14. The zero-order valence-electron chi connectivity index (χ0n) is 21.5. The van der Waals surface area contributed by atoms with Crippen LogP contribution in [0.25, 0.3) is 5.69 Å². The number of rotatable bonds is 5. The molecule has 1 aromatic carbocycles. The topological polar surface area (TPSA) is 103 Å². The van der Waals surface area contributed by atoms with Crippen molar-refractivity contribution in [3.8, 4) is 5.69 Å². The van der Waals surface area contributed by atoms with Gasteiger partial charge in [0.2, 0.25) is 10.0 Å². The number of hydrogen-bond donors (Lipinski definition) is 0. The Morgan fingerprint density at radius 3 is 2.51 bits per heavy atom. The first kappa shape index (κ1) is 27.0. The molecule has 0 bridgehead atoms. The van der Waals surface area contributed by atoms with E-state index in [-0.39, 0.29) is 30.8 Å². The van der Waals surface area contributed by atoms with Gasteiger partial charge >= 0.3 is 6.18 Å². The number of halogens is 4. The Morgan fingerprint density at radius 1 is 1.07 bits per heavy atom. The van der Waals surface area contributed by atoms with Crippen molar-refractivity contribution >= 4 is 15.8 Å². The summed E-state index contributed by atoms with van der Waals surface area (Å²) in [7, 11) is -2.53. The number of aryl methyl sites for hydroxylation is 1. The van der Waals surface area contributed by atoms with E-state index in [1.807, 2.05) is 0 Å². The number of Topliss-reactive ketones (excluding diaryl/α,β-unsaturated/α-hetero) is 1. The molecule has 0 amide bonds. The van der Waals surface area contributed by atoms with Crippen LogP contribution < -0.4 is 0 Å². The fraction of sp³-hybridized carbons (Fsp3) is 0.259. The van der Waals surface area contributed by atoms with Gasteiger partial charge in [0.25, 0.3) is 0 Å². The molecule has 2 aliphatic rings. The molecule has 0 radical (unpaired) electrons. The molecule has 212 valence electrons. The molecular weight excluding hydrogens is 564 g/mol. The van der Waals surface area contributed by atoms with Gasteiger partial charge < -0.3 is 0 Å². The molecular formula is C27H22F4N6O3S. The van der Waals surface area contributed by atoms with Gasteiger partial charge in [-0.25, -0.2) is 17.5 Å². The van der Waals surface area contributed by atoms with E-state index < -0.39 is 44.5 Å². The lowest BCUT2D eigenvalue weighted by Gasteiger charge is -2.44. The van der Waals surface area contributed by atoms with Crippen LogP contribution in [0.3, 0.4) is 0 Å². The van der Waals surface area contributed by atoms with Gasteiger partial charge in [-0.1, -0.05) is 11.6 Å². The van der Waals surface area contributed by atoms with Gasteiger partial charge in [-0.05, 0) is 48.4 Å². The van der Waals surface area contributed by atoms with Crippen molar-refractivity contribution in [1.82, 2.24) is 28.9 Å². The zero-order valence-corrected chi connectivity index (χ0v) is 22.3. The van der Waals surface area contributed by atoms with Gasteiger partial charge in [-0.3, -0.25) is 14.5 Å². The van der Waals surface area contributed by atoms with Crippen LogP contribution in [0, 0.1) is 11.2 Å². The highest BCUT2D eigenvalue weighted by Crippen LogP contribution is 2.46. The molecule has 0 spiro atoms. The molecule has 0 saturated carbocycles. The number of ketones is 1. The minimum absolute atomic E-state index is 0.0226. The number of carbonyl (C=O) groups is 1. The molecule has 4 heterocycles. The Bertz CT molecular complexity index is 1810. The van der Waals surface area contributed by atoms with Crippen LogP contribution in [0.2, 0.25) is 0 Å². The summed E-state index contributed by atoms with van der Waals surface area (Å²) in [5, 5.41) is 8.37. The number of carbonyl (C=O) groups excluding carboxylic acids is 1. The lowest BCUT2D eigenvalue weighted by atomic mass is 9.65. The first-order chi connectivity index (χ1) is 19.4. The fourth-order valence-electron chi connectivity index (χ4n) is 5.48. The summed E-state index contributed by atoms with van der Waals surface area (Å²) in [6.07, 6.45) is 2.08. The van der Waals surface area contributed by atoms with Crippen LogP contribution in [0.5, 0.6) is 0 Å². The Kier molecular flexibility index (Phi) is 6.23. The largest absolute Gasteiger partial charge is 0.416 e. The number of nitrogens with zero attached hydrogens (tertiary/aromatic N) is 6. The predicted octanol–water partition coefficient (Wildman–Crippen LogP) is 3.76. The standard InChI is InChI=1S/C27H22F4N6O3S/c1-35-15-22(14-33-35)41(39,40)36-9-7-18-11-24-17(13-34-37(24)21-4-2-20(28)3-5-21)12-26(18,16-36)25(38)23-10-19(6-8-32-23)27(29,30)31/h2-8,10,13-15H,9,11-12,16H2,1H3/t26-/m0/s1. The molecule has 41 heavy (non-hydrogen) atoms. The predicted molar refractivity (Wildman–Crippen MR) is 137 cm³/mol. The third-order valence-electron chi connectivity index (χ3n) is 7.55. The van der Waals surface area contributed by atoms with E-state index in [2.05, 4.69) is 15.2 Å². The summed E-state index contributed by atoms with van der Waals surface area (Å²) >= 11 is 0. The van der Waals surface area contributed by atoms with Crippen LogP contribution in [-0.2, 0) is 36.1 Å². The van der Waals surface area contributed by atoms with E-state index in [9.17, 15) is 30.8 Å². The Balaban J connectivity index is 1.46. The van der Waals surface area contributed by atoms with Crippen molar-refractivity contribution < 1.29 is 30.8 Å². The Hall–Kier alpha value is -4.17. The van der Waals surface area contributed by atoms with Crippen LogP contribution in [0.1, 0.15) is 27.3 Å². The molecule has 1 aliphatic carbocycles. The molecule has 6 rings (SSSR count). The summed E-state index contributed by atoms with van der Waals surface area (Å²) in [5.41, 5.74) is -0.512. The first-order valence-electron chi connectivity index (χ1n) is 12.5. The zero-order chi connectivity index (χ0) is 29.2. The second kappa shape index (κ2) is 9.45. The quantitative estimate of drug-likeness (QED) is 0.201. The maximum Gasteiger partial charge on any atom is 0.416 e. The summed E-state index contributed by atoms with van der Waals surface area (Å²) in [4.78, 5) is 18.1. The van der Waals surface area contributed by atoms with E-state index in [0.29, 0.717) is 28.6 Å². The van der Waals surface area contributed by atoms with Crippen molar-refractivity contribution in [1.29, 1.82) is 0 Å². The first-order valence-corrected chi connectivity index (χ1v) is 13.9. The normalized spacial score (nSPS) is 19.4. The Morgan fingerprint density at radius 2 is 1.83 bits per heavy atom. The molecule has 0 N–H and O–H groups in total. The summed E-state index contributed by atoms with van der Waals surface area (Å²) in [6.45, 7) is -0.369. The number of pyridine rings is 1. The molecule has 0 saturated heterocycles. The van der Waals surface area contributed by atoms with Crippen LogP contribution >= 0.6 is 0 Å². The lowest BCUT2D eigenvalue weighted by Crippen LogP contribution is -2.53. The second-order valence-corrected chi connectivity index (χ2v) is 12.0. The molecule has 9 nitrogen and oxygen atoms in total. The van der Waals surface area contributed by atoms with Crippen molar-refractivity contribution in [3.05, 3.63) is 101 Å². The van der Waals surface area contributed by atoms with Crippen LogP contribution in [-0.4, -0.2) is 56.1 Å². The smallest absolute Gasteiger partial charge is 0.291 e. The molecule has 1 aliphatic heterocycles. The van der Waals surface area contributed by atoms with Gasteiger partial charge in [0.1, 0.15) is 16.4 Å². The SMILES string of the molecule is Cn1cc(S(=O)(=O)N2CC=C3Cc4c(cnn4-c4ccc(F)cc4)C[C@]3(C(=O)c3cc(C(F)(F)F)ccn3)C2)cn1.